The lowest BCUT2D eigenvalue weighted by Crippen LogP contribution is -2.47. The highest BCUT2D eigenvalue weighted by molar-refractivity contribution is 9.11. The molecule has 2 aromatic carbocycles. The predicted octanol–water partition coefficient (Wildman–Crippen LogP) is 5.10. The highest BCUT2D eigenvalue weighted by Gasteiger charge is 2.43. The van der Waals surface area contributed by atoms with Crippen LogP contribution in [-0.4, -0.2) is 20.2 Å². The van der Waals surface area contributed by atoms with Gasteiger partial charge in [-0.1, -0.05) is 90.1 Å². The van der Waals surface area contributed by atoms with E-state index in [1.165, 1.54) is 0 Å². The summed E-state index contributed by atoms with van der Waals surface area (Å²) in [6.45, 7) is 6.25. The Labute approximate surface area is 154 Å². The molecule has 0 fully saturated rings. The summed E-state index contributed by atoms with van der Waals surface area (Å²) in [5, 5.41) is 3.44. The molecular formula is C21H26BrNO. The second kappa shape index (κ2) is 8.61. The predicted molar refractivity (Wildman–Crippen MR) is 105 cm³/mol. The van der Waals surface area contributed by atoms with Crippen LogP contribution in [0.25, 0.3) is 0 Å². The Hall–Kier alpha value is -1.42. The van der Waals surface area contributed by atoms with Crippen LogP contribution in [0, 0.1) is 5.92 Å². The molecule has 3 heteroatoms. The van der Waals surface area contributed by atoms with E-state index < -0.39 is 5.60 Å². The van der Waals surface area contributed by atoms with Crippen LogP contribution in [0.2, 0.25) is 0 Å². The fourth-order valence-corrected chi connectivity index (χ4v) is 3.89. The average molecular weight is 388 g/mol. The van der Waals surface area contributed by atoms with Gasteiger partial charge in [-0.3, -0.25) is 0 Å². The maximum atomic E-state index is 6.25. The van der Waals surface area contributed by atoms with Crippen LogP contribution in [0.15, 0.2) is 71.7 Å². The first-order valence-electron chi connectivity index (χ1n) is 8.23. The Morgan fingerprint density at radius 1 is 1.08 bits per heavy atom. The molecule has 2 rings (SSSR count). The van der Waals surface area contributed by atoms with Crippen LogP contribution in [-0.2, 0) is 10.3 Å². The van der Waals surface area contributed by atoms with Crippen molar-refractivity contribution in [2.24, 2.45) is 5.92 Å². The molecule has 24 heavy (non-hydrogen) atoms. The minimum absolute atomic E-state index is 0.187. The highest BCUT2D eigenvalue weighted by atomic mass is 79.9. The van der Waals surface area contributed by atoms with Crippen molar-refractivity contribution in [2.75, 3.05) is 14.2 Å². The lowest BCUT2D eigenvalue weighted by molar-refractivity contribution is -0.0351. The van der Waals surface area contributed by atoms with Gasteiger partial charge in [0.1, 0.15) is 5.60 Å². The first-order valence-corrected chi connectivity index (χ1v) is 9.02. The molecule has 1 N–H and O–H groups in total. The molecule has 128 valence electrons. The number of hydrogen-bond acceptors (Lipinski definition) is 2. The molecule has 0 aliphatic heterocycles. The SMILES string of the molecule is C=C(Br)CC(NC)C(C)C(OC)(c1ccccc1)c1ccccc1. The van der Waals surface area contributed by atoms with Gasteiger partial charge in [0, 0.05) is 19.1 Å². The van der Waals surface area contributed by atoms with Crippen LogP contribution in [0.1, 0.15) is 24.5 Å². The van der Waals surface area contributed by atoms with Crippen molar-refractivity contribution in [3.05, 3.63) is 82.9 Å². The maximum absolute atomic E-state index is 6.25. The van der Waals surface area contributed by atoms with Gasteiger partial charge in [-0.05, 0) is 29.1 Å². The van der Waals surface area contributed by atoms with Crippen molar-refractivity contribution in [1.82, 2.24) is 5.32 Å². The number of benzene rings is 2. The van der Waals surface area contributed by atoms with Gasteiger partial charge >= 0.3 is 0 Å². The summed E-state index contributed by atoms with van der Waals surface area (Å²) in [4.78, 5) is 0. The van der Waals surface area contributed by atoms with Gasteiger partial charge in [-0.15, -0.1) is 0 Å². The van der Waals surface area contributed by atoms with E-state index in [0.29, 0.717) is 0 Å². The number of ether oxygens (including phenoxy) is 1. The molecule has 0 radical (unpaired) electrons. The molecule has 0 saturated heterocycles. The highest BCUT2D eigenvalue weighted by Crippen LogP contribution is 2.42. The number of methoxy groups -OCH3 is 1. The van der Waals surface area contributed by atoms with Crippen molar-refractivity contribution in [3.8, 4) is 0 Å². The summed E-state index contributed by atoms with van der Waals surface area (Å²) in [6, 6.07) is 21.1. The summed E-state index contributed by atoms with van der Waals surface area (Å²) in [7, 11) is 3.79. The summed E-state index contributed by atoms with van der Waals surface area (Å²) < 4.78 is 7.24. The van der Waals surface area contributed by atoms with Gasteiger partial charge in [0.2, 0.25) is 0 Å². The number of nitrogens with one attached hydrogen (secondary N) is 1. The normalized spacial score (nSPS) is 14.2. The van der Waals surface area contributed by atoms with E-state index in [1.54, 1.807) is 7.11 Å². The summed E-state index contributed by atoms with van der Waals surface area (Å²) >= 11 is 3.51. The van der Waals surface area contributed by atoms with E-state index in [4.69, 9.17) is 4.74 Å². The van der Waals surface area contributed by atoms with Crippen molar-refractivity contribution in [2.45, 2.75) is 25.0 Å². The molecule has 0 aliphatic rings. The molecule has 0 bridgehead atoms. The first kappa shape index (κ1) is 18.9. The Balaban J connectivity index is 2.60. The molecule has 0 amide bonds. The molecule has 2 aromatic rings. The number of rotatable bonds is 8. The third-order valence-corrected chi connectivity index (χ3v) is 5.11. The van der Waals surface area contributed by atoms with Crippen molar-refractivity contribution >= 4 is 15.9 Å². The van der Waals surface area contributed by atoms with Crippen LogP contribution < -0.4 is 5.32 Å². The van der Waals surface area contributed by atoms with Gasteiger partial charge in [-0.2, -0.15) is 0 Å². The van der Waals surface area contributed by atoms with E-state index in [9.17, 15) is 0 Å². The zero-order chi connectivity index (χ0) is 17.6. The van der Waals surface area contributed by atoms with Crippen LogP contribution in [0.5, 0.6) is 0 Å². The average Bonchev–Trinajstić information content (AvgIpc) is 2.62. The van der Waals surface area contributed by atoms with Gasteiger partial charge in [0.05, 0.1) is 0 Å². The van der Waals surface area contributed by atoms with E-state index in [2.05, 4.69) is 83.3 Å². The fraction of sp³-hybridized carbons (Fsp3) is 0.333. The first-order chi connectivity index (χ1) is 11.6. The molecule has 2 atom stereocenters. The van der Waals surface area contributed by atoms with Crippen molar-refractivity contribution in [3.63, 3.8) is 0 Å². The molecule has 0 aromatic heterocycles. The minimum Gasteiger partial charge on any atom is -0.368 e. The molecule has 0 spiro atoms. The quantitative estimate of drug-likeness (QED) is 0.680. The lowest BCUT2D eigenvalue weighted by atomic mass is 9.72. The van der Waals surface area contributed by atoms with Gasteiger partial charge in [0.15, 0.2) is 0 Å². The Kier molecular flexibility index (Phi) is 6.79. The number of hydrogen-bond donors (Lipinski definition) is 1. The van der Waals surface area contributed by atoms with E-state index in [-0.39, 0.29) is 12.0 Å². The summed E-state index contributed by atoms with van der Waals surface area (Å²) in [5.74, 6) is 0.187. The zero-order valence-electron chi connectivity index (χ0n) is 14.6. The second-order valence-corrected chi connectivity index (χ2v) is 7.20. The Bertz CT molecular complexity index is 602. The van der Waals surface area contributed by atoms with Gasteiger partial charge in [-0.25, -0.2) is 0 Å². The molecule has 2 unspecified atom stereocenters. The lowest BCUT2D eigenvalue weighted by Gasteiger charge is -2.42. The zero-order valence-corrected chi connectivity index (χ0v) is 16.2. The Morgan fingerprint density at radius 2 is 1.54 bits per heavy atom. The third kappa shape index (κ3) is 3.80. The third-order valence-electron chi connectivity index (χ3n) is 4.78. The maximum Gasteiger partial charge on any atom is 0.122 e. The number of halogens is 1. The monoisotopic (exact) mass is 387 g/mol. The van der Waals surface area contributed by atoms with Crippen LogP contribution >= 0.6 is 15.9 Å². The van der Waals surface area contributed by atoms with Crippen LogP contribution in [0.4, 0.5) is 0 Å². The smallest absolute Gasteiger partial charge is 0.122 e. The molecule has 0 saturated carbocycles. The van der Waals surface area contributed by atoms with E-state index in [1.807, 2.05) is 19.2 Å². The second-order valence-electron chi connectivity index (χ2n) is 6.08. The molecule has 2 nitrogen and oxygen atoms in total. The van der Waals surface area contributed by atoms with E-state index in [0.717, 1.165) is 22.0 Å². The summed E-state index contributed by atoms with van der Waals surface area (Å²) in [5.41, 5.74) is 1.79. The standard InChI is InChI=1S/C21H26BrNO/c1-16(22)15-20(23-3)17(2)21(24-4,18-11-7-5-8-12-18)19-13-9-6-10-14-19/h5-14,17,20,23H,1,15H2,2-4H3. The van der Waals surface area contributed by atoms with Crippen LogP contribution in [0.3, 0.4) is 0 Å². The molecule has 0 heterocycles. The molecule has 0 aliphatic carbocycles. The van der Waals surface area contributed by atoms with Crippen molar-refractivity contribution < 1.29 is 4.74 Å². The fourth-order valence-electron chi connectivity index (χ4n) is 3.54. The topological polar surface area (TPSA) is 21.3 Å². The largest absolute Gasteiger partial charge is 0.368 e. The van der Waals surface area contributed by atoms with E-state index >= 15 is 0 Å². The Morgan fingerprint density at radius 3 is 1.88 bits per heavy atom. The van der Waals surface area contributed by atoms with Gasteiger partial charge < -0.3 is 10.1 Å². The summed E-state index contributed by atoms with van der Waals surface area (Å²) in [6.07, 6.45) is 0.836. The minimum atomic E-state index is -0.529. The van der Waals surface area contributed by atoms with Crippen molar-refractivity contribution in [1.29, 1.82) is 0 Å². The molecular weight excluding hydrogens is 362 g/mol. The van der Waals surface area contributed by atoms with Gasteiger partial charge in [0.25, 0.3) is 0 Å².